The highest BCUT2D eigenvalue weighted by Gasteiger charge is 2.21. The van der Waals surface area contributed by atoms with Crippen LogP contribution in [-0.4, -0.2) is 39.6 Å². The van der Waals surface area contributed by atoms with E-state index in [1.807, 2.05) is 30.3 Å². The van der Waals surface area contributed by atoms with Crippen LogP contribution < -0.4 is 10.9 Å². The largest absolute Gasteiger partial charge is 0.269 e. The lowest BCUT2D eigenvalue weighted by molar-refractivity contribution is 0.730. The minimum Gasteiger partial charge on any atom is -0.269 e. The highest BCUT2D eigenvalue weighted by Crippen LogP contribution is 2.29. The Morgan fingerprint density at radius 2 is 1.56 bits per heavy atom. The van der Waals surface area contributed by atoms with Gasteiger partial charge in [0.1, 0.15) is 17.2 Å². The van der Waals surface area contributed by atoms with Crippen LogP contribution in [0.25, 0.3) is 22.7 Å². The zero-order valence-electron chi connectivity index (χ0n) is 14.8. The average Bonchev–Trinajstić information content (AvgIpc) is 3.41. The van der Waals surface area contributed by atoms with E-state index in [-0.39, 0.29) is 5.92 Å². The summed E-state index contributed by atoms with van der Waals surface area (Å²) < 4.78 is 3.22. The number of benzene rings is 1. The van der Waals surface area contributed by atoms with Gasteiger partial charge in [-0.1, -0.05) is 44.2 Å². The summed E-state index contributed by atoms with van der Waals surface area (Å²) in [5, 5.41) is 16.4. The van der Waals surface area contributed by atoms with Crippen molar-refractivity contribution in [2.24, 2.45) is 5.84 Å². The van der Waals surface area contributed by atoms with Crippen LogP contribution in [-0.2, 0) is 0 Å². The van der Waals surface area contributed by atoms with Gasteiger partial charge in [0.05, 0.1) is 12.4 Å². The van der Waals surface area contributed by atoms with Gasteiger partial charge in [-0.2, -0.15) is 19.5 Å². The number of hydrogen-bond donors (Lipinski definition) is 3. The number of nitrogens with two attached hydrogens (primary N) is 1. The number of anilines is 2. The molecule has 0 saturated carbocycles. The van der Waals surface area contributed by atoms with Crippen molar-refractivity contribution in [1.29, 1.82) is 0 Å². The van der Waals surface area contributed by atoms with Gasteiger partial charge in [0, 0.05) is 11.5 Å². The number of H-pyrrole nitrogens is 2. The number of nitrogens with one attached hydrogen (secondary N) is 2. The summed E-state index contributed by atoms with van der Waals surface area (Å²) in [7, 11) is 0. The first-order valence-corrected chi connectivity index (χ1v) is 8.59. The number of aromatic nitrogens is 8. The highest BCUT2D eigenvalue weighted by atomic mass is 15.5. The summed E-state index contributed by atoms with van der Waals surface area (Å²) >= 11 is 0. The minimum absolute atomic E-state index is 0.258. The monoisotopic (exact) mass is 362 g/mol. The van der Waals surface area contributed by atoms with Crippen molar-refractivity contribution >= 4 is 22.7 Å². The maximum Gasteiger partial charge on any atom is 0.201 e. The smallest absolute Gasteiger partial charge is 0.201 e. The molecular formula is C17H18N10. The summed E-state index contributed by atoms with van der Waals surface area (Å²) in [5.41, 5.74) is 3.56. The van der Waals surface area contributed by atoms with Gasteiger partial charge in [-0.25, -0.2) is 15.8 Å². The second-order valence-corrected chi connectivity index (χ2v) is 6.60. The summed E-state index contributed by atoms with van der Waals surface area (Å²) in [6.45, 7) is 4.13. The standard InChI is InChI=1S/C17H18N10/c1-10(2)14-21-16-12(8-19-26(16)23-14)25(18)13-9-20-27-17(13)22-15(24-27)11-6-4-3-5-7-11/h3-10H,18H2,1-2H3,(H,21,23)(H,22,24). The number of rotatable bonds is 4. The average molecular weight is 362 g/mol. The van der Waals surface area contributed by atoms with E-state index in [1.54, 1.807) is 21.7 Å². The summed E-state index contributed by atoms with van der Waals surface area (Å²) in [6.07, 6.45) is 3.32. The maximum atomic E-state index is 6.39. The Kier molecular flexibility index (Phi) is 3.28. The van der Waals surface area contributed by atoms with E-state index in [0.29, 0.717) is 22.7 Å². The van der Waals surface area contributed by atoms with E-state index < -0.39 is 0 Å². The first kappa shape index (κ1) is 15.6. The van der Waals surface area contributed by atoms with Crippen molar-refractivity contribution < 1.29 is 0 Å². The third-order valence-corrected chi connectivity index (χ3v) is 4.44. The van der Waals surface area contributed by atoms with Gasteiger partial charge < -0.3 is 0 Å². The Labute approximate surface area is 153 Å². The van der Waals surface area contributed by atoms with Gasteiger partial charge in [-0.05, 0) is 0 Å². The first-order valence-electron chi connectivity index (χ1n) is 8.59. The third-order valence-electron chi connectivity index (χ3n) is 4.44. The lowest BCUT2D eigenvalue weighted by Gasteiger charge is -2.13. The van der Waals surface area contributed by atoms with Crippen LogP contribution >= 0.6 is 0 Å². The molecule has 0 bridgehead atoms. The molecule has 0 fully saturated rings. The number of aromatic amines is 2. The first-order chi connectivity index (χ1) is 13.1. The van der Waals surface area contributed by atoms with E-state index in [1.165, 1.54) is 5.01 Å². The Morgan fingerprint density at radius 1 is 0.926 bits per heavy atom. The van der Waals surface area contributed by atoms with Crippen molar-refractivity contribution in [2.45, 2.75) is 19.8 Å². The van der Waals surface area contributed by atoms with Crippen LogP contribution in [0, 0.1) is 0 Å². The van der Waals surface area contributed by atoms with E-state index in [0.717, 1.165) is 17.2 Å². The van der Waals surface area contributed by atoms with E-state index >= 15 is 0 Å². The molecule has 10 heteroatoms. The molecule has 0 radical (unpaired) electrons. The van der Waals surface area contributed by atoms with Crippen molar-refractivity contribution in [3.63, 3.8) is 0 Å². The summed E-state index contributed by atoms with van der Waals surface area (Å²) in [5.74, 6) is 8.21. The molecule has 1 aromatic carbocycles. The van der Waals surface area contributed by atoms with Gasteiger partial charge in [-0.3, -0.25) is 15.2 Å². The normalized spacial score (nSPS) is 11.9. The van der Waals surface area contributed by atoms with Crippen molar-refractivity contribution in [1.82, 2.24) is 39.6 Å². The molecule has 10 nitrogen and oxygen atoms in total. The summed E-state index contributed by atoms with van der Waals surface area (Å²) in [6, 6.07) is 9.85. The lowest BCUT2D eigenvalue weighted by atomic mass is 10.2. The van der Waals surface area contributed by atoms with Gasteiger partial charge >= 0.3 is 0 Å². The van der Waals surface area contributed by atoms with Gasteiger partial charge in [0.2, 0.25) is 11.3 Å². The maximum absolute atomic E-state index is 6.39. The fourth-order valence-corrected chi connectivity index (χ4v) is 2.97. The Balaban J connectivity index is 1.58. The van der Waals surface area contributed by atoms with Crippen LogP contribution in [0.3, 0.4) is 0 Å². The quantitative estimate of drug-likeness (QED) is 0.333. The Morgan fingerprint density at radius 3 is 2.22 bits per heavy atom. The molecule has 4 heterocycles. The highest BCUT2D eigenvalue weighted by molar-refractivity contribution is 5.81. The Bertz CT molecular complexity index is 1220. The molecule has 27 heavy (non-hydrogen) atoms. The second kappa shape index (κ2) is 5.68. The predicted molar refractivity (Wildman–Crippen MR) is 101 cm³/mol. The molecular weight excluding hydrogens is 344 g/mol. The van der Waals surface area contributed by atoms with E-state index in [2.05, 4.69) is 44.2 Å². The van der Waals surface area contributed by atoms with Crippen LogP contribution in [0.4, 0.5) is 11.4 Å². The van der Waals surface area contributed by atoms with Crippen LogP contribution in [0.5, 0.6) is 0 Å². The molecule has 0 saturated heterocycles. The van der Waals surface area contributed by atoms with Crippen LogP contribution in [0.2, 0.25) is 0 Å². The second-order valence-electron chi connectivity index (χ2n) is 6.60. The van der Waals surface area contributed by atoms with Gasteiger partial charge in [-0.15, -0.1) is 0 Å². The molecule has 0 spiro atoms. The van der Waals surface area contributed by atoms with Gasteiger partial charge in [0.25, 0.3) is 0 Å². The zero-order chi connectivity index (χ0) is 18.5. The number of fused-ring (bicyclic) bond motifs is 2. The van der Waals surface area contributed by atoms with Crippen molar-refractivity contribution in [2.75, 3.05) is 5.01 Å². The molecule has 0 amide bonds. The topological polar surface area (TPSA) is 121 Å². The van der Waals surface area contributed by atoms with Crippen LogP contribution in [0.15, 0.2) is 42.7 Å². The molecule has 4 N–H and O–H groups in total. The van der Waals surface area contributed by atoms with Crippen molar-refractivity contribution in [3.8, 4) is 11.4 Å². The lowest BCUT2D eigenvalue weighted by Crippen LogP contribution is -2.24. The number of hydrogen-bond acceptors (Lipinski definition) is 6. The predicted octanol–water partition coefficient (Wildman–Crippen LogP) is 2.23. The molecule has 0 aliphatic carbocycles. The van der Waals surface area contributed by atoms with E-state index in [4.69, 9.17) is 5.84 Å². The van der Waals surface area contributed by atoms with E-state index in [9.17, 15) is 0 Å². The molecule has 136 valence electrons. The van der Waals surface area contributed by atoms with Crippen LogP contribution in [0.1, 0.15) is 25.6 Å². The Hall–Kier alpha value is -3.66. The number of nitrogens with zero attached hydrogens (tertiary/aromatic N) is 7. The van der Waals surface area contributed by atoms with Gasteiger partial charge in [0.15, 0.2) is 5.82 Å². The van der Waals surface area contributed by atoms with Crippen molar-refractivity contribution in [3.05, 3.63) is 48.5 Å². The summed E-state index contributed by atoms with van der Waals surface area (Å²) in [4.78, 5) is 9.26. The minimum atomic E-state index is 0.258. The molecule has 5 aromatic rings. The molecule has 0 aliphatic rings. The molecule has 0 atom stereocenters. The zero-order valence-corrected chi connectivity index (χ0v) is 14.8. The number of hydrazine groups is 1. The molecule has 0 aliphatic heterocycles. The molecule has 5 rings (SSSR count). The molecule has 4 aromatic heterocycles. The SMILES string of the molecule is CC(C)c1nc2c(N(N)c3cnn4[nH]c(-c5ccccc5)nc34)cnn2[nH]1. The molecule has 0 unspecified atom stereocenters. The third kappa shape index (κ3) is 2.38. The fourth-order valence-electron chi connectivity index (χ4n) is 2.97. The fraction of sp³-hybridized carbons (Fsp3) is 0.176.